The predicted octanol–water partition coefficient (Wildman–Crippen LogP) is 4.41. The van der Waals surface area contributed by atoms with Crippen LogP contribution in [0.3, 0.4) is 0 Å². The van der Waals surface area contributed by atoms with E-state index in [2.05, 4.69) is 9.47 Å². The molecule has 1 aromatic rings. The molecule has 24 heavy (non-hydrogen) atoms. The van der Waals surface area contributed by atoms with Gasteiger partial charge in [0.15, 0.2) is 5.78 Å². The maximum absolute atomic E-state index is 12.5. The number of rotatable bonds is 6. The molecule has 4 nitrogen and oxygen atoms in total. The van der Waals surface area contributed by atoms with Gasteiger partial charge in [0.1, 0.15) is 17.6 Å². The number of hydrogen-bond donors (Lipinski definition) is 0. The number of allylic oxidation sites excluding steroid dienone is 1. The molecule has 130 valence electrons. The van der Waals surface area contributed by atoms with Crippen LogP contribution in [0, 0.1) is 16.7 Å². The first-order valence-electron chi connectivity index (χ1n) is 6.75. The number of carbonyl (C=O) groups is 1. The second-order valence-corrected chi connectivity index (χ2v) is 5.71. The second kappa shape index (κ2) is 7.81. The zero-order chi connectivity index (χ0) is 18.5. The van der Waals surface area contributed by atoms with E-state index >= 15 is 0 Å². The number of nitrogens with zero attached hydrogens (tertiary/aromatic N) is 1. The molecular formula is C16H15F4NO3. The summed E-state index contributed by atoms with van der Waals surface area (Å²) >= 11 is 0. The summed E-state index contributed by atoms with van der Waals surface area (Å²) in [6.07, 6.45) is 1.07. The van der Waals surface area contributed by atoms with Crippen LogP contribution in [-0.2, 0) is 4.79 Å². The monoisotopic (exact) mass is 345 g/mol. The molecule has 0 aromatic heterocycles. The molecule has 0 fully saturated rings. The van der Waals surface area contributed by atoms with E-state index in [1.807, 2.05) is 0 Å². The molecule has 0 heterocycles. The fraction of sp³-hybridized carbons (Fsp3) is 0.375. The Balaban J connectivity index is 3.33. The summed E-state index contributed by atoms with van der Waals surface area (Å²) < 4.78 is 57.8. The van der Waals surface area contributed by atoms with E-state index in [-0.39, 0.29) is 11.1 Å². The van der Waals surface area contributed by atoms with Crippen molar-refractivity contribution in [1.82, 2.24) is 0 Å². The number of ketones is 1. The van der Waals surface area contributed by atoms with E-state index < -0.39 is 35.9 Å². The van der Waals surface area contributed by atoms with E-state index in [1.54, 1.807) is 26.8 Å². The van der Waals surface area contributed by atoms with E-state index in [1.165, 1.54) is 0 Å². The van der Waals surface area contributed by atoms with Gasteiger partial charge in [-0.15, -0.1) is 0 Å². The molecule has 0 amide bonds. The molecule has 0 N–H and O–H groups in total. The molecule has 0 spiro atoms. The number of nitriles is 1. The molecule has 0 radical (unpaired) electrons. The molecule has 1 rings (SSSR count). The van der Waals surface area contributed by atoms with Crippen molar-refractivity contribution in [3.05, 3.63) is 29.3 Å². The number of halogens is 4. The lowest BCUT2D eigenvalue weighted by Crippen LogP contribution is -2.21. The third kappa shape index (κ3) is 5.57. The SMILES string of the molecule is CC(C)(C)C(=O)/C(C#N)=C/c1ccc(OC(F)F)cc1OC(F)F. The Bertz CT molecular complexity index is 673. The van der Waals surface area contributed by atoms with Crippen molar-refractivity contribution < 1.29 is 31.8 Å². The van der Waals surface area contributed by atoms with Crippen LogP contribution in [0.15, 0.2) is 23.8 Å². The molecule has 8 heteroatoms. The summed E-state index contributed by atoms with van der Waals surface area (Å²) in [5.74, 6) is -1.38. The molecule has 0 aliphatic carbocycles. The normalized spacial score (nSPS) is 12.2. The van der Waals surface area contributed by atoms with Gasteiger partial charge in [0.25, 0.3) is 0 Å². The number of carbonyl (C=O) groups excluding carboxylic acids is 1. The minimum Gasteiger partial charge on any atom is -0.435 e. The fourth-order valence-corrected chi connectivity index (χ4v) is 1.72. The topological polar surface area (TPSA) is 59.3 Å². The lowest BCUT2D eigenvalue weighted by Gasteiger charge is -2.16. The lowest BCUT2D eigenvalue weighted by molar-refractivity contribution is -0.121. The van der Waals surface area contributed by atoms with Gasteiger partial charge < -0.3 is 9.47 Å². The van der Waals surface area contributed by atoms with Crippen LogP contribution in [0.25, 0.3) is 6.08 Å². The fourth-order valence-electron chi connectivity index (χ4n) is 1.72. The van der Waals surface area contributed by atoms with Crippen molar-refractivity contribution in [1.29, 1.82) is 5.26 Å². The highest BCUT2D eigenvalue weighted by molar-refractivity contribution is 6.06. The highest BCUT2D eigenvalue weighted by Gasteiger charge is 2.25. The largest absolute Gasteiger partial charge is 0.435 e. The molecule has 0 aliphatic heterocycles. The quantitative estimate of drug-likeness (QED) is 0.435. The van der Waals surface area contributed by atoms with Crippen LogP contribution < -0.4 is 9.47 Å². The maximum atomic E-state index is 12.5. The van der Waals surface area contributed by atoms with Crippen molar-refractivity contribution in [2.45, 2.75) is 34.0 Å². The summed E-state index contributed by atoms with van der Waals surface area (Å²) in [6.45, 7) is -1.57. The van der Waals surface area contributed by atoms with Gasteiger partial charge in [0.05, 0.1) is 5.57 Å². The Hall–Kier alpha value is -2.56. The van der Waals surface area contributed by atoms with Gasteiger partial charge in [-0.1, -0.05) is 20.8 Å². The average Bonchev–Trinajstić information content (AvgIpc) is 2.43. The first kappa shape index (κ1) is 19.5. The first-order chi connectivity index (χ1) is 11.0. The number of alkyl halides is 4. The number of ether oxygens (including phenoxy) is 2. The second-order valence-electron chi connectivity index (χ2n) is 5.71. The minimum atomic E-state index is -3.22. The number of benzene rings is 1. The minimum absolute atomic E-state index is 0.0360. The van der Waals surface area contributed by atoms with E-state index in [0.29, 0.717) is 0 Å². The van der Waals surface area contributed by atoms with Gasteiger partial charge in [-0.2, -0.15) is 22.8 Å². The van der Waals surface area contributed by atoms with E-state index in [4.69, 9.17) is 5.26 Å². The van der Waals surface area contributed by atoms with Crippen molar-refractivity contribution in [3.8, 4) is 17.6 Å². The standard InChI is InChI=1S/C16H15F4NO3/c1-16(2,3)13(22)10(8-21)6-9-4-5-11(23-14(17)18)7-12(9)24-15(19)20/h4-7,14-15H,1-3H3/b10-6+. The molecule has 0 unspecified atom stereocenters. The number of hydrogen-bond acceptors (Lipinski definition) is 4. The molecule has 0 aliphatic rings. The zero-order valence-corrected chi connectivity index (χ0v) is 13.1. The molecule has 0 saturated heterocycles. The Kier molecular flexibility index (Phi) is 6.35. The highest BCUT2D eigenvalue weighted by Crippen LogP contribution is 2.30. The summed E-state index contributed by atoms with van der Waals surface area (Å²) in [6, 6.07) is 4.77. The maximum Gasteiger partial charge on any atom is 0.387 e. The molecule has 0 saturated carbocycles. The van der Waals surface area contributed by atoms with Gasteiger partial charge in [-0.05, 0) is 18.2 Å². The van der Waals surface area contributed by atoms with Crippen LogP contribution >= 0.6 is 0 Å². The van der Waals surface area contributed by atoms with Gasteiger partial charge in [-0.3, -0.25) is 4.79 Å². The molecule has 0 bridgehead atoms. The van der Waals surface area contributed by atoms with Crippen molar-refractivity contribution in [2.24, 2.45) is 5.41 Å². The van der Waals surface area contributed by atoms with Gasteiger partial charge in [0, 0.05) is 17.0 Å². The Morgan fingerprint density at radius 2 is 1.75 bits per heavy atom. The lowest BCUT2D eigenvalue weighted by atomic mass is 9.86. The Labute approximate surface area is 136 Å². The van der Waals surface area contributed by atoms with Crippen LogP contribution in [0.4, 0.5) is 17.6 Å². The van der Waals surface area contributed by atoms with Crippen molar-refractivity contribution in [2.75, 3.05) is 0 Å². The first-order valence-corrected chi connectivity index (χ1v) is 6.75. The zero-order valence-electron chi connectivity index (χ0n) is 13.1. The molecular weight excluding hydrogens is 330 g/mol. The third-order valence-corrected chi connectivity index (χ3v) is 2.77. The van der Waals surface area contributed by atoms with E-state index in [9.17, 15) is 22.4 Å². The van der Waals surface area contributed by atoms with Crippen molar-refractivity contribution in [3.63, 3.8) is 0 Å². The summed E-state index contributed by atoms with van der Waals surface area (Å²) in [4.78, 5) is 12.1. The predicted molar refractivity (Wildman–Crippen MR) is 77.8 cm³/mol. The Morgan fingerprint density at radius 1 is 1.17 bits per heavy atom. The smallest absolute Gasteiger partial charge is 0.387 e. The van der Waals surface area contributed by atoms with Gasteiger partial charge in [0.2, 0.25) is 0 Å². The Morgan fingerprint density at radius 3 is 2.21 bits per heavy atom. The van der Waals surface area contributed by atoms with E-state index in [0.717, 1.165) is 24.3 Å². The van der Waals surface area contributed by atoms with Crippen LogP contribution in [0.5, 0.6) is 11.5 Å². The highest BCUT2D eigenvalue weighted by atomic mass is 19.3. The summed E-state index contributed by atoms with van der Waals surface area (Å²) in [7, 11) is 0. The third-order valence-electron chi connectivity index (χ3n) is 2.77. The number of Topliss-reactive ketones (excluding diaryl/α,β-unsaturated/α-hetero) is 1. The van der Waals surface area contributed by atoms with Gasteiger partial charge in [-0.25, -0.2) is 0 Å². The van der Waals surface area contributed by atoms with Gasteiger partial charge >= 0.3 is 13.2 Å². The average molecular weight is 345 g/mol. The summed E-state index contributed by atoms with van der Waals surface area (Å²) in [5, 5.41) is 9.12. The van der Waals surface area contributed by atoms with Crippen molar-refractivity contribution >= 4 is 11.9 Å². The molecule has 0 atom stereocenters. The summed E-state index contributed by atoms with van der Waals surface area (Å²) in [5.41, 5.74) is -1.17. The van der Waals surface area contributed by atoms with Crippen LogP contribution in [0.2, 0.25) is 0 Å². The molecule has 1 aromatic carbocycles. The van der Waals surface area contributed by atoms with Crippen LogP contribution in [-0.4, -0.2) is 19.0 Å². The van der Waals surface area contributed by atoms with Crippen LogP contribution in [0.1, 0.15) is 26.3 Å².